The minimum atomic E-state index is -0.281. The highest BCUT2D eigenvalue weighted by atomic mass is 19.1. The summed E-state index contributed by atoms with van der Waals surface area (Å²) >= 11 is 0. The minimum Gasteiger partial charge on any atom is -0.380 e. The van der Waals surface area contributed by atoms with Gasteiger partial charge in [0.1, 0.15) is 5.82 Å². The van der Waals surface area contributed by atoms with Crippen LogP contribution in [0.3, 0.4) is 0 Å². The summed E-state index contributed by atoms with van der Waals surface area (Å²) < 4.78 is 13.1. The molecule has 1 aromatic carbocycles. The van der Waals surface area contributed by atoms with E-state index in [1.54, 1.807) is 6.07 Å². The summed E-state index contributed by atoms with van der Waals surface area (Å²) in [5, 5.41) is 6.06. The Morgan fingerprint density at radius 3 is 2.81 bits per heavy atom. The molecule has 3 rings (SSSR count). The Balaban J connectivity index is 1.95. The summed E-state index contributed by atoms with van der Waals surface area (Å²) in [6.45, 7) is 0. The second kappa shape index (κ2) is 3.47. The number of halogens is 1. The van der Waals surface area contributed by atoms with Gasteiger partial charge >= 0.3 is 0 Å². The standard InChI is InChI=1S/C12H13FN2O/c13-8-3-4-9-11(5-8)14-10(7-1-2-7)6-12(16)15-9/h3-5,7,10,14H,1-2,6H2,(H,15,16). The van der Waals surface area contributed by atoms with Crippen LogP contribution in [0.5, 0.6) is 0 Å². The van der Waals surface area contributed by atoms with E-state index in [4.69, 9.17) is 0 Å². The Morgan fingerprint density at radius 2 is 2.06 bits per heavy atom. The second-order valence-electron chi connectivity index (χ2n) is 4.53. The molecule has 4 heteroatoms. The number of anilines is 2. The molecule has 1 unspecified atom stereocenters. The Bertz CT molecular complexity index is 443. The molecule has 84 valence electrons. The van der Waals surface area contributed by atoms with E-state index in [1.165, 1.54) is 12.1 Å². The molecule has 1 aliphatic carbocycles. The fraction of sp³-hybridized carbons (Fsp3) is 0.417. The van der Waals surface area contributed by atoms with Gasteiger partial charge in [-0.05, 0) is 37.0 Å². The smallest absolute Gasteiger partial charge is 0.226 e. The number of nitrogens with one attached hydrogen (secondary N) is 2. The Kier molecular flexibility index (Phi) is 2.09. The lowest BCUT2D eigenvalue weighted by atomic mass is 10.1. The quantitative estimate of drug-likeness (QED) is 0.762. The normalized spacial score (nSPS) is 24.1. The van der Waals surface area contributed by atoms with Crippen LogP contribution in [0.2, 0.25) is 0 Å². The number of amides is 1. The third kappa shape index (κ3) is 1.75. The maximum Gasteiger partial charge on any atom is 0.226 e. The topological polar surface area (TPSA) is 41.1 Å². The lowest BCUT2D eigenvalue weighted by molar-refractivity contribution is -0.116. The van der Waals surface area contributed by atoms with Crippen molar-refractivity contribution in [3.63, 3.8) is 0 Å². The summed E-state index contributed by atoms with van der Waals surface area (Å²) in [6.07, 6.45) is 2.80. The van der Waals surface area contributed by atoms with Gasteiger partial charge in [0.05, 0.1) is 11.4 Å². The summed E-state index contributed by atoms with van der Waals surface area (Å²) in [7, 11) is 0. The second-order valence-corrected chi connectivity index (χ2v) is 4.53. The molecule has 1 heterocycles. The van der Waals surface area contributed by atoms with Crippen LogP contribution in [0.15, 0.2) is 18.2 Å². The van der Waals surface area contributed by atoms with Crippen LogP contribution in [-0.2, 0) is 4.79 Å². The first-order valence-electron chi connectivity index (χ1n) is 5.58. The molecule has 0 spiro atoms. The van der Waals surface area contributed by atoms with E-state index >= 15 is 0 Å². The van der Waals surface area contributed by atoms with Crippen molar-refractivity contribution in [1.82, 2.24) is 0 Å². The van der Waals surface area contributed by atoms with Crippen molar-refractivity contribution in [2.75, 3.05) is 10.6 Å². The van der Waals surface area contributed by atoms with Crippen molar-refractivity contribution in [3.05, 3.63) is 24.0 Å². The Labute approximate surface area is 93.0 Å². The van der Waals surface area contributed by atoms with Crippen molar-refractivity contribution in [3.8, 4) is 0 Å². The Morgan fingerprint density at radius 1 is 1.25 bits per heavy atom. The van der Waals surface area contributed by atoms with E-state index in [-0.39, 0.29) is 17.8 Å². The van der Waals surface area contributed by atoms with Crippen LogP contribution in [0.1, 0.15) is 19.3 Å². The molecule has 0 radical (unpaired) electrons. The molecule has 3 nitrogen and oxygen atoms in total. The number of carbonyl (C=O) groups is 1. The molecule has 0 bridgehead atoms. The van der Waals surface area contributed by atoms with Gasteiger partial charge in [0.25, 0.3) is 0 Å². The average molecular weight is 220 g/mol. The zero-order valence-corrected chi connectivity index (χ0v) is 8.79. The third-order valence-corrected chi connectivity index (χ3v) is 3.19. The molecule has 0 saturated heterocycles. The summed E-state index contributed by atoms with van der Waals surface area (Å²) in [5.41, 5.74) is 1.37. The van der Waals surface area contributed by atoms with E-state index in [9.17, 15) is 9.18 Å². The number of benzene rings is 1. The monoisotopic (exact) mass is 220 g/mol. The molecule has 1 aromatic rings. The van der Waals surface area contributed by atoms with Crippen LogP contribution in [0, 0.1) is 11.7 Å². The zero-order chi connectivity index (χ0) is 11.1. The van der Waals surface area contributed by atoms with E-state index in [0.717, 1.165) is 12.8 Å². The molecule has 16 heavy (non-hydrogen) atoms. The molecule has 1 fully saturated rings. The maximum absolute atomic E-state index is 13.1. The first-order valence-corrected chi connectivity index (χ1v) is 5.58. The van der Waals surface area contributed by atoms with Gasteiger partial charge < -0.3 is 10.6 Å². The number of rotatable bonds is 1. The zero-order valence-electron chi connectivity index (χ0n) is 8.79. The molecule has 1 aliphatic heterocycles. The predicted octanol–water partition coefficient (Wildman–Crippen LogP) is 2.36. The first kappa shape index (κ1) is 9.63. The van der Waals surface area contributed by atoms with Crippen molar-refractivity contribution in [2.24, 2.45) is 5.92 Å². The van der Waals surface area contributed by atoms with Gasteiger partial charge in [-0.1, -0.05) is 0 Å². The number of carbonyl (C=O) groups excluding carboxylic acids is 1. The third-order valence-electron chi connectivity index (χ3n) is 3.19. The SMILES string of the molecule is O=C1CC(C2CC2)Nc2cc(F)ccc2N1. The Hall–Kier alpha value is -1.58. The molecule has 1 saturated carbocycles. The molecule has 1 atom stereocenters. The fourth-order valence-corrected chi connectivity index (χ4v) is 2.18. The van der Waals surface area contributed by atoms with Crippen LogP contribution in [0.4, 0.5) is 15.8 Å². The van der Waals surface area contributed by atoms with Gasteiger partial charge in [0.2, 0.25) is 5.91 Å². The highest BCUT2D eigenvalue weighted by Crippen LogP contribution is 2.38. The highest BCUT2D eigenvalue weighted by molar-refractivity contribution is 5.96. The number of hydrogen-bond donors (Lipinski definition) is 2. The molecule has 2 N–H and O–H groups in total. The lowest BCUT2D eigenvalue weighted by Gasteiger charge is -2.15. The minimum absolute atomic E-state index is 0.00904. The molecule has 2 aliphatic rings. The van der Waals surface area contributed by atoms with Gasteiger partial charge in [0, 0.05) is 12.5 Å². The van der Waals surface area contributed by atoms with Crippen molar-refractivity contribution in [2.45, 2.75) is 25.3 Å². The van der Waals surface area contributed by atoms with Crippen LogP contribution < -0.4 is 10.6 Å². The van der Waals surface area contributed by atoms with Crippen LogP contribution >= 0.6 is 0 Å². The molecule has 0 aromatic heterocycles. The fourth-order valence-electron chi connectivity index (χ4n) is 2.18. The van der Waals surface area contributed by atoms with Crippen LogP contribution in [0.25, 0.3) is 0 Å². The summed E-state index contributed by atoms with van der Waals surface area (Å²) in [6, 6.07) is 4.56. The van der Waals surface area contributed by atoms with Crippen LogP contribution in [-0.4, -0.2) is 11.9 Å². The van der Waals surface area contributed by atoms with E-state index < -0.39 is 0 Å². The maximum atomic E-state index is 13.1. The van der Waals surface area contributed by atoms with Gasteiger partial charge in [-0.15, -0.1) is 0 Å². The molecular formula is C12H13FN2O. The van der Waals surface area contributed by atoms with Crippen molar-refractivity contribution >= 4 is 17.3 Å². The number of hydrogen-bond acceptors (Lipinski definition) is 2. The average Bonchev–Trinajstić information content (AvgIpc) is 3.02. The predicted molar refractivity (Wildman–Crippen MR) is 59.8 cm³/mol. The summed E-state index contributed by atoms with van der Waals surface area (Å²) in [4.78, 5) is 11.6. The van der Waals surface area contributed by atoms with Gasteiger partial charge in [-0.2, -0.15) is 0 Å². The highest BCUT2D eigenvalue weighted by Gasteiger charge is 2.34. The van der Waals surface area contributed by atoms with Crippen molar-refractivity contribution in [1.29, 1.82) is 0 Å². The lowest BCUT2D eigenvalue weighted by Crippen LogP contribution is -2.24. The summed E-state index contributed by atoms with van der Waals surface area (Å²) in [5.74, 6) is 0.298. The molecule has 1 amide bonds. The largest absolute Gasteiger partial charge is 0.380 e. The number of fused-ring (bicyclic) bond motifs is 1. The van der Waals surface area contributed by atoms with Gasteiger partial charge in [0.15, 0.2) is 0 Å². The van der Waals surface area contributed by atoms with Crippen molar-refractivity contribution < 1.29 is 9.18 Å². The van der Waals surface area contributed by atoms with E-state index in [0.29, 0.717) is 23.7 Å². The van der Waals surface area contributed by atoms with E-state index in [2.05, 4.69) is 10.6 Å². The van der Waals surface area contributed by atoms with Gasteiger partial charge in [-0.25, -0.2) is 4.39 Å². The molecular weight excluding hydrogens is 207 g/mol. The first-order chi connectivity index (χ1) is 7.72. The van der Waals surface area contributed by atoms with Gasteiger partial charge in [-0.3, -0.25) is 4.79 Å². The van der Waals surface area contributed by atoms with E-state index in [1.807, 2.05) is 0 Å².